The van der Waals surface area contributed by atoms with Gasteiger partial charge in [0.25, 0.3) is 0 Å². The molecule has 1 aromatic rings. The normalized spacial score (nSPS) is 11.9. The molecular weight excluding hydrogens is 300 g/mol. The van der Waals surface area contributed by atoms with E-state index in [0.717, 1.165) is 12.2 Å². The number of rotatable bonds is 7. The number of carbonyl (C=O) groups is 2. The van der Waals surface area contributed by atoms with Crippen LogP contribution in [0.1, 0.15) is 23.7 Å². The fourth-order valence-electron chi connectivity index (χ4n) is 1.37. The predicted molar refractivity (Wildman–Crippen MR) is 82.6 cm³/mol. The number of aromatic carboxylic acids is 1. The van der Waals surface area contributed by atoms with E-state index in [1.807, 2.05) is 6.92 Å². The summed E-state index contributed by atoms with van der Waals surface area (Å²) in [6.07, 6.45) is 0.840. The van der Waals surface area contributed by atoms with Gasteiger partial charge in [-0.1, -0.05) is 11.6 Å². The number of hydrogen-bond acceptors (Lipinski definition) is 4. The number of anilines is 1. The highest BCUT2D eigenvalue weighted by Crippen LogP contribution is 2.23. The number of halogens is 1. The third-order valence-electron chi connectivity index (χ3n) is 2.44. The van der Waals surface area contributed by atoms with Crippen LogP contribution in [-0.4, -0.2) is 34.5 Å². The van der Waals surface area contributed by atoms with Crippen molar-refractivity contribution in [1.82, 2.24) is 0 Å². The molecule has 0 saturated heterocycles. The zero-order chi connectivity index (χ0) is 15.1. The number of carboxylic acids is 1. The van der Waals surface area contributed by atoms with E-state index in [9.17, 15) is 9.59 Å². The Hall–Kier alpha value is -1.24. The Kier molecular flexibility index (Phi) is 6.84. The Morgan fingerprint density at radius 1 is 1.50 bits per heavy atom. The molecule has 0 bridgehead atoms. The molecule has 5 nitrogen and oxygen atoms in total. The van der Waals surface area contributed by atoms with Crippen molar-refractivity contribution in [3.8, 4) is 0 Å². The molecule has 0 fully saturated rings. The number of nitrogens with one attached hydrogen (secondary N) is 1. The number of hydrogen-bond donors (Lipinski definition) is 3. The van der Waals surface area contributed by atoms with Gasteiger partial charge in [-0.05, 0) is 37.3 Å². The van der Waals surface area contributed by atoms with Gasteiger partial charge in [-0.15, -0.1) is 0 Å². The van der Waals surface area contributed by atoms with Gasteiger partial charge < -0.3 is 16.2 Å². The largest absolute Gasteiger partial charge is 0.478 e. The summed E-state index contributed by atoms with van der Waals surface area (Å²) in [6, 6.07) is 4.30. The first-order valence-corrected chi connectivity index (χ1v) is 7.59. The monoisotopic (exact) mass is 316 g/mol. The third-order valence-corrected chi connectivity index (χ3v) is 3.76. The molecule has 1 atom stereocenters. The minimum absolute atomic E-state index is 0.0781. The molecule has 0 aliphatic carbocycles. The SMILES string of the molecule is CC(N)CCSCC(=O)Nc1cc(C(=O)O)ccc1Cl. The number of nitrogens with two attached hydrogens (primary N) is 1. The summed E-state index contributed by atoms with van der Waals surface area (Å²) in [5, 5.41) is 11.8. The molecule has 0 heterocycles. The van der Waals surface area contributed by atoms with Gasteiger partial charge in [0.05, 0.1) is 22.0 Å². The molecule has 0 aromatic heterocycles. The van der Waals surface area contributed by atoms with Crippen LogP contribution in [0.4, 0.5) is 5.69 Å². The number of benzene rings is 1. The number of carboxylic acid groups (broad SMARTS) is 1. The zero-order valence-electron chi connectivity index (χ0n) is 11.1. The lowest BCUT2D eigenvalue weighted by Crippen LogP contribution is -2.18. The molecule has 0 aliphatic heterocycles. The molecule has 1 rings (SSSR count). The van der Waals surface area contributed by atoms with E-state index in [4.69, 9.17) is 22.4 Å². The van der Waals surface area contributed by atoms with Crippen LogP contribution in [0, 0.1) is 0 Å². The average Bonchev–Trinajstić information content (AvgIpc) is 2.37. The molecule has 7 heteroatoms. The van der Waals surface area contributed by atoms with Gasteiger partial charge in [0.2, 0.25) is 5.91 Å². The minimum atomic E-state index is -1.07. The van der Waals surface area contributed by atoms with Crippen LogP contribution in [0.3, 0.4) is 0 Å². The summed E-state index contributed by atoms with van der Waals surface area (Å²) >= 11 is 7.39. The predicted octanol–water partition coefficient (Wildman–Crippen LogP) is 2.45. The van der Waals surface area contributed by atoms with Gasteiger partial charge in [-0.3, -0.25) is 4.79 Å². The number of amides is 1. The first-order valence-electron chi connectivity index (χ1n) is 6.06. The van der Waals surface area contributed by atoms with Crippen molar-refractivity contribution in [3.63, 3.8) is 0 Å². The Morgan fingerprint density at radius 2 is 2.20 bits per heavy atom. The van der Waals surface area contributed by atoms with E-state index >= 15 is 0 Å². The highest BCUT2D eigenvalue weighted by Gasteiger charge is 2.10. The van der Waals surface area contributed by atoms with Gasteiger partial charge in [0.1, 0.15) is 0 Å². The van der Waals surface area contributed by atoms with Crippen molar-refractivity contribution in [2.75, 3.05) is 16.8 Å². The van der Waals surface area contributed by atoms with Gasteiger partial charge in [-0.2, -0.15) is 11.8 Å². The van der Waals surface area contributed by atoms with Crippen LogP contribution >= 0.6 is 23.4 Å². The van der Waals surface area contributed by atoms with Gasteiger partial charge in [0.15, 0.2) is 0 Å². The van der Waals surface area contributed by atoms with Crippen molar-refractivity contribution in [1.29, 1.82) is 0 Å². The van der Waals surface area contributed by atoms with E-state index in [1.165, 1.54) is 30.0 Å². The Bertz CT molecular complexity index is 495. The second kappa shape index (κ2) is 8.14. The van der Waals surface area contributed by atoms with Crippen LogP contribution in [0.5, 0.6) is 0 Å². The second-order valence-electron chi connectivity index (χ2n) is 4.37. The van der Waals surface area contributed by atoms with E-state index in [0.29, 0.717) is 10.7 Å². The molecule has 4 N–H and O–H groups in total. The molecule has 110 valence electrons. The molecule has 0 spiro atoms. The molecule has 0 aliphatic rings. The average molecular weight is 317 g/mol. The van der Waals surface area contributed by atoms with Crippen molar-refractivity contribution >= 4 is 40.9 Å². The number of carbonyl (C=O) groups excluding carboxylic acids is 1. The summed E-state index contributed by atoms with van der Waals surface area (Å²) in [4.78, 5) is 22.6. The van der Waals surface area contributed by atoms with Gasteiger partial charge in [-0.25, -0.2) is 4.79 Å². The standard InChI is InChI=1S/C13H17ClN2O3S/c1-8(15)4-5-20-7-12(17)16-11-6-9(13(18)19)2-3-10(11)14/h2-3,6,8H,4-5,7,15H2,1H3,(H,16,17)(H,18,19). The van der Waals surface area contributed by atoms with Gasteiger partial charge in [0, 0.05) is 6.04 Å². The summed E-state index contributed by atoms with van der Waals surface area (Å²) in [7, 11) is 0. The topological polar surface area (TPSA) is 92.4 Å². The maximum atomic E-state index is 11.7. The molecule has 0 radical (unpaired) electrons. The molecular formula is C13H17ClN2O3S. The Labute approximate surface area is 126 Å². The maximum absolute atomic E-state index is 11.7. The Balaban J connectivity index is 2.53. The number of thioether (sulfide) groups is 1. The highest BCUT2D eigenvalue weighted by molar-refractivity contribution is 7.99. The van der Waals surface area contributed by atoms with E-state index in [-0.39, 0.29) is 23.3 Å². The lowest BCUT2D eigenvalue weighted by atomic mass is 10.2. The molecule has 1 unspecified atom stereocenters. The van der Waals surface area contributed by atoms with Crippen LogP contribution < -0.4 is 11.1 Å². The maximum Gasteiger partial charge on any atom is 0.335 e. The highest BCUT2D eigenvalue weighted by atomic mass is 35.5. The van der Waals surface area contributed by atoms with Crippen LogP contribution in [0.25, 0.3) is 0 Å². The lowest BCUT2D eigenvalue weighted by Gasteiger charge is -2.08. The third kappa shape index (κ3) is 5.81. The first-order chi connectivity index (χ1) is 9.40. The summed E-state index contributed by atoms with van der Waals surface area (Å²) < 4.78 is 0. The molecule has 20 heavy (non-hydrogen) atoms. The second-order valence-corrected chi connectivity index (χ2v) is 5.88. The molecule has 1 amide bonds. The van der Waals surface area contributed by atoms with E-state index < -0.39 is 5.97 Å². The minimum Gasteiger partial charge on any atom is -0.478 e. The molecule has 0 saturated carbocycles. The summed E-state index contributed by atoms with van der Waals surface area (Å²) in [6.45, 7) is 1.91. The van der Waals surface area contributed by atoms with Crippen molar-refractivity contribution in [3.05, 3.63) is 28.8 Å². The molecule has 1 aromatic carbocycles. The smallest absolute Gasteiger partial charge is 0.335 e. The quantitative estimate of drug-likeness (QED) is 0.672. The lowest BCUT2D eigenvalue weighted by molar-refractivity contribution is -0.113. The first kappa shape index (κ1) is 16.8. The Morgan fingerprint density at radius 3 is 2.80 bits per heavy atom. The van der Waals surface area contributed by atoms with Crippen LogP contribution in [0.2, 0.25) is 5.02 Å². The van der Waals surface area contributed by atoms with Crippen molar-refractivity contribution in [2.45, 2.75) is 19.4 Å². The fourth-order valence-corrected chi connectivity index (χ4v) is 2.48. The zero-order valence-corrected chi connectivity index (χ0v) is 12.6. The fraction of sp³-hybridized carbons (Fsp3) is 0.385. The van der Waals surface area contributed by atoms with Crippen molar-refractivity contribution in [2.24, 2.45) is 5.73 Å². The van der Waals surface area contributed by atoms with Gasteiger partial charge >= 0.3 is 5.97 Å². The van der Waals surface area contributed by atoms with E-state index in [2.05, 4.69) is 5.32 Å². The summed E-state index contributed by atoms with van der Waals surface area (Å²) in [5.74, 6) is -0.207. The summed E-state index contributed by atoms with van der Waals surface area (Å²) in [5.41, 5.74) is 6.00. The van der Waals surface area contributed by atoms with E-state index in [1.54, 1.807) is 0 Å². The van der Waals surface area contributed by atoms with Crippen molar-refractivity contribution < 1.29 is 14.7 Å². The van der Waals surface area contributed by atoms with Crippen LogP contribution in [-0.2, 0) is 4.79 Å². The van der Waals surface area contributed by atoms with Crippen LogP contribution in [0.15, 0.2) is 18.2 Å².